The molecule has 0 aliphatic heterocycles. The number of nitrogens with one attached hydrogen (secondary N) is 1. The van der Waals surface area contributed by atoms with Gasteiger partial charge in [-0.3, -0.25) is 10.1 Å². The van der Waals surface area contributed by atoms with Crippen molar-refractivity contribution < 1.29 is 33.4 Å². The number of halogens is 1. The third kappa shape index (κ3) is 5.44. The van der Waals surface area contributed by atoms with Gasteiger partial charge in [-0.15, -0.1) is 5.10 Å². The Morgan fingerprint density at radius 1 is 1.03 bits per heavy atom. The molecule has 0 amide bonds. The molecule has 0 aliphatic carbocycles. The molecule has 0 spiro atoms. The number of phenols is 1. The van der Waals surface area contributed by atoms with Crippen molar-refractivity contribution in [3.63, 3.8) is 0 Å². The fraction of sp³-hybridized carbons (Fsp3) is 0.240. The van der Waals surface area contributed by atoms with E-state index < -0.39 is 16.8 Å². The molecule has 4 rings (SSSR count). The van der Waals surface area contributed by atoms with Crippen molar-refractivity contribution in [2.24, 2.45) is 0 Å². The zero-order valence-electron chi connectivity index (χ0n) is 21.4. The lowest BCUT2D eigenvalue weighted by molar-refractivity contribution is -0.384. The topological polar surface area (TPSA) is 156 Å². The Kier molecular flexibility index (Phi) is 7.93. The number of nitro benzene ring substituents is 1. The fourth-order valence-corrected chi connectivity index (χ4v) is 4.09. The van der Waals surface area contributed by atoms with Crippen molar-refractivity contribution in [1.29, 1.82) is 0 Å². The van der Waals surface area contributed by atoms with Gasteiger partial charge >= 0.3 is 0 Å². The van der Waals surface area contributed by atoms with E-state index in [4.69, 9.17) is 18.9 Å². The summed E-state index contributed by atoms with van der Waals surface area (Å²) in [5, 5.41) is 37.1. The summed E-state index contributed by atoms with van der Waals surface area (Å²) in [4.78, 5) is 10.7. The number of tetrazole rings is 1. The Hall–Kier alpha value is -5.14. The molecule has 1 heterocycles. The molecule has 4 aromatic rings. The summed E-state index contributed by atoms with van der Waals surface area (Å²) in [6.45, 7) is 0.102. The van der Waals surface area contributed by atoms with Crippen LogP contribution in [0.15, 0.2) is 48.5 Å². The molecule has 0 aliphatic rings. The Bertz CT molecular complexity index is 1470. The number of rotatable bonds is 11. The third-order valence-electron chi connectivity index (χ3n) is 5.89. The quantitative estimate of drug-likeness (QED) is 0.211. The fourth-order valence-electron chi connectivity index (χ4n) is 4.09. The van der Waals surface area contributed by atoms with Gasteiger partial charge in [0.05, 0.1) is 51.2 Å². The number of ether oxygens (including phenoxy) is 4. The minimum atomic E-state index is -1.10. The molecule has 0 bridgehead atoms. The monoisotopic (exact) mass is 540 g/mol. The van der Waals surface area contributed by atoms with Crippen LogP contribution in [-0.2, 0) is 6.54 Å². The van der Waals surface area contributed by atoms with Crippen LogP contribution in [0.1, 0.15) is 23.0 Å². The van der Waals surface area contributed by atoms with E-state index in [1.54, 1.807) is 24.3 Å². The first-order valence-electron chi connectivity index (χ1n) is 11.4. The molecular weight excluding hydrogens is 515 g/mol. The van der Waals surface area contributed by atoms with E-state index >= 15 is 0 Å². The number of phenolic OH excluding ortho intramolecular Hbond substituents is 1. The Balaban J connectivity index is 1.84. The van der Waals surface area contributed by atoms with Crippen LogP contribution in [0, 0.1) is 15.9 Å². The Morgan fingerprint density at radius 3 is 2.33 bits per heavy atom. The lowest BCUT2D eigenvalue weighted by Crippen LogP contribution is -2.20. The van der Waals surface area contributed by atoms with Gasteiger partial charge in [0.15, 0.2) is 17.3 Å². The van der Waals surface area contributed by atoms with Crippen molar-refractivity contribution in [2.75, 3.05) is 33.8 Å². The first-order chi connectivity index (χ1) is 18.8. The summed E-state index contributed by atoms with van der Waals surface area (Å²) in [5.41, 5.74) is 0.315. The standard InChI is InChI=1S/C25H25FN6O7/c1-36-19-7-5-6-18(33)22(19)23(27-17-12-15(32(34)35)8-9-16(17)26)25-28-29-30-31(25)13-14-10-20(37-2)24(39-4)21(11-14)38-3/h5-12,23,27,33H,13H2,1-4H3. The van der Waals surface area contributed by atoms with E-state index in [-0.39, 0.29) is 40.8 Å². The minimum Gasteiger partial charge on any atom is -0.507 e. The maximum atomic E-state index is 14.8. The van der Waals surface area contributed by atoms with Gasteiger partial charge in [-0.1, -0.05) is 6.07 Å². The second kappa shape index (κ2) is 11.5. The molecule has 13 nitrogen and oxygen atoms in total. The molecule has 1 aromatic heterocycles. The highest BCUT2D eigenvalue weighted by Crippen LogP contribution is 2.40. The van der Waals surface area contributed by atoms with Gasteiger partial charge in [0.25, 0.3) is 5.69 Å². The van der Waals surface area contributed by atoms with Crippen LogP contribution in [0.2, 0.25) is 0 Å². The van der Waals surface area contributed by atoms with Crippen LogP contribution in [-0.4, -0.2) is 58.7 Å². The first kappa shape index (κ1) is 26.9. The Morgan fingerprint density at radius 2 is 1.72 bits per heavy atom. The lowest BCUT2D eigenvalue weighted by Gasteiger charge is -2.23. The molecule has 39 heavy (non-hydrogen) atoms. The van der Waals surface area contributed by atoms with Crippen LogP contribution in [0.5, 0.6) is 28.7 Å². The van der Waals surface area contributed by atoms with E-state index in [0.717, 1.165) is 18.2 Å². The highest BCUT2D eigenvalue weighted by molar-refractivity contribution is 5.58. The number of anilines is 1. The SMILES string of the molecule is COc1cc(Cn2nnnc2C(Nc2cc([N+](=O)[O-])ccc2F)c2c(O)cccc2OC)cc(OC)c1OC. The van der Waals surface area contributed by atoms with E-state index in [1.807, 2.05) is 0 Å². The van der Waals surface area contributed by atoms with Gasteiger partial charge in [0, 0.05) is 12.1 Å². The van der Waals surface area contributed by atoms with Crippen molar-refractivity contribution in [3.05, 3.63) is 81.4 Å². The molecular formula is C25H25FN6O7. The third-order valence-corrected chi connectivity index (χ3v) is 5.89. The first-order valence-corrected chi connectivity index (χ1v) is 11.4. The smallest absolute Gasteiger partial charge is 0.271 e. The summed E-state index contributed by atoms with van der Waals surface area (Å²) in [7, 11) is 5.87. The molecule has 0 saturated heterocycles. The molecule has 1 unspecified atom stereocenters. The van der Waals surface area contributed by atoms with Gasteiger partial charge < -0.3 is 29.4 Å². The second-order valence-corrected chi connectivity index (χ2v) is 8.12. The minimum absolute atomic E-state index is 0.102. The van der Waals surface area contributed by atoms with Gasteiger partial charge in [0.2, 0.25) is 5.75 Å². The number of nitro groups is 1. The van der Waals surface area contributed by atoms with Crippen molar-refractivity contribution in [2.45, 2.75) is 12.6 Å². The highest BCUT2D eigenvalue weighted by atomic mass is 19.1. The highest BCUT2D eigenvalue weighted by Gasteiger charge is 2.29. The number of aromatic hydroxyl groups is 1. The summed E-state index contributed by atoms with van der Waals surface area (Å²) >= 11 is 0. The lowest BCUT2D eigenvalue weighted by atomic mass is 10.0. The van der Waals surface area contributed by atoms with Crippen LogP contribution < -0.4 is 24.3 Å². The predicted molar refractivity (Wildman–Crippen MR) is 136 cm³/mol. The normalized spacial score (nSPS) is 11.5. The zero-order chi connectivity index (χ0) is 28.1. The summed E-state index contributed by atoms with van der Waals surface area (Å²) in [6, 6.07) is 9.98. The number of methoxy groups -OCH3 is 4. The van der Waals surface area contributed by atoms with E-state index in [9.17, 15) is 19.6 Å². The number of non-ortho nitro benzene ring substituents is 1. The Labute approximate surface area is 221 Å². The van der Waals surface area contributed by atoms with Gasteiger partial charge in [-0.05, 0) is 46.3 Å². The molecule has 14 heteroatoms. The van der Waals surface area contributed by atoms with E-state index in [2.05, 4.69) is 20.8 Å². The maximum absolute atomic E-state index is 14.8. The molecule has 1 atom stereocenters. The average molecular weight is 541 g/mol. The number of nitrogens with zero attached hydrogens (tertiary/aromatic N) is 5. The molecule has 2 N–H and O–H groups in total. The number of hydrogen-bond acceptors (Lipinski definition) is 11. The molecule has 204 valence electrons. The van der Waals surface area contributed by atoms with Gasteiger partial charge in [0.1, 0.15) is 23.4 Å². The predicted octanol–water partition coefficient (Wildman–Crippen LogP) is 3.71. The van der Waals surface area contributed by atoms with E-state index in [1.165, 1.54) is 39.2 Å². The maximum Gasteiger partial charge on any atom is 0.271 e. The van der Waals surface area contributed by atoms with Gasteiger partial charge in [-0.25, -0.2) is 9.07 Å². The molecule has 0 saturated carbocycles. The van der Waals surface area contributed by atoms with Crippen LogP contribution in [0.25, 0.3) is 0 Å². The van der Waals surface area contributed by atoms with Crippen molar-refractivity contribution in [3.8, 4) is 28.7 Å². The number of benzene rings is 3. The summed E-state index contributed by atoms with van der Waals surface area (Å²) < 4.78 is 37.9. The molecule has 3 aromatic carbocycles. The van der Waals surface area contributed by atoms with Crippen LogP contribution in [0.4, 0.5) is 15.8 Å². The van der Waals surface area contributed by atoms with Gasteiger partial charge in [-0.2, -0.15) is 0 Å². The van der Waals surface area contributed by atoms with E-state index in [0.29, 0.717) is 22.8 Å². The summed E-state index contributed by atoms with van der Waals surface area (Å²) in [5.74, 6) is 0.675. The zero-order valence-corrected chi connectivity index (χ0v) is 21.4. The van der Waals surface area contributed by atoms with Crippen molar-refractivity contribution >= 4 is 11.4 Å². The van der Waals surface area contributed by atoms with Crippen LogP contribution >= 0.6 is 0 Å². The second-order valence-electron chi connectivity index (χ2n) is 8.12. The summed E-state index contributed by atoms with van der Waals surface area (Å²) in [6.07, 6.45) is 0. The van der Waals surface area contributed by atoms with Crippen LogP contribution in [0.3, 0.4) is 0 Å². The molecule has 0 radical (unpaired) electrons. The van der Waals surface area contributed by atoms with Crippen molar-refractivity contribution in [1.82, 2.24) is 20.2 Å². The average Bonchev–Trinajstić information content (AvgIpc) is 3.39. The largest absolute Gasteiger partial charge is 0.507 e. The molecule has 0 fully saturated rings. The number of hydrogen-bond donors (Lipinski definition) is 2. The number of aromatic nitrogens is 4.